The standard InChI is InChI=1S/C62H112O6/c1-4-7-10-13-16-19-22-25-27-29-31-33-35-37-40-43-46-49-52-55-61(64)67-58-59(57-66-60(63)54-51-48-45-42-39-24-21-18-15-12-9-6-3)68-62(65)56-53-50-47-44-41-38-36-34-32-30-28-26-23-20-17-14-11-8-5-2/h9,12,16,18-19,21-22,25,59H,4-8,10-11,13-15,17,20,23-24,26-58H2,1-3H3/b12-9-,19-16-,21-18-,25-22-. The minimum absolute atomic E-state index is 0.0765. The maximum Gasteiger partial charge on any atom is 0.306 e. The maximum absolute atomic E-state index is 12.9. The third kappa shape index (κ3) is 54.3. The summed E-state index contributed by atoms with van der Waals surface area (Å²) in [6, 6.07) is 0. The van der Waals surface area contributed by atoms with E-state index in [1.807, 2.05) is 0 Å². The number of carbonyl (C=O) groups excluding carboxylic acids is 3. The van der Waals surface area contributed by atoms with Crippen LogP contribution in [0, 0.1) is 0 Å². The molecule has 0 bridgehead atoms. The van der Waals surface area contributed by atoms with Gasteiger partial charge in [0.1, 0.15) is 13.2 Å². The Hall–Kier alpha value is -2.63. The SMILES string of the molecule is CC/C=C\C/C=C\CCCCCCCC(=O)OCC(COC(=O)CCCCCCCCCCCC/C=C\C=C/CCCCC)OC(=O)CCCCCCCCCCCCCCCCCCCCC. The van der Waals surface area contributed by atoms with E-state index >= 15 is 0 Å². The molecule has 0 aliphatic carbocycles. The van der Waals surface area contributed by atoms with Crippen LogP contribution in [0.25, 0.3) is 0 Å². The number of hydrogen-bond donors (Lipinski definition) is 0. The number of esters is 3. The molecule has 0 aliphatic heterocycles. The van der Waals surface area contributed by atoms with Gasteiger partial charge in [0.05, 0.1) is 0 Å². The predicted octanol–water partition coefficient (Wildman–Crippen LogP) is 19.8. The highest BCUT2D eigenvalue weighted by molar-refractivity contribution is 5.71. The molecule has 6 nitrogen and oxygen atoms in total. The van der Waals surface area contributed by atoms with Crippen molar-refractivity contribution in [1.82, 2.24) is 0 Å². The molecule has 0 spiro atoms. The van der Waals surface area contributed by atoms with Gasteiger partial charge in [0.2, 0.25) is 0 Å². The normalized spacial score (nSPS) is 12.3. The van der Waals surface area contributed by atoms with Crippen LogP contribution in [-0.2, 0) is 28.6 Å². The topological polar surface area (TPSA) is 78.9 Å². The monoisotopic (exact) mass is 953 g/mol. The molecule has 0 saturated carbocycles. The van der Waals surface area contributed by atoms with Crippen LogP contribution >= 0.6 is 0 Å². The van der Waals surface area contributed by atoms with Crippen LogP contribution in [0.4, 0.5) is 0 Å². The van der Waals surface area contributed by atoms with Gasteiger partial charge in [0.15, 0.2) is 6.10 Å². The van der Waals surface area contributed by atoms with E-state index in [0.29, 0.717) is 19.3 Å². The number of hydrogen-bond acceptors (Lipinski definition) is 6. The minimum Gasteiger partial charge on any atom is -0.462 e. The van der Waals surface area contributed by atoms with Gasteiger partial charge in [0.25, 0.3) is 0 Å². The Bertz CT molecular complexity index is 1190. The first-order chi connectivity index (χ1) is 33.5. The largest absolute Gasteiger partial charge is 0.462 e. The van der Waals surface area contributed by atoms with Gasteiger partial charge in [0, 0.05) is 19.3 Å². The van der Waals surface area contributed by atoms with E-state index in [1.54, 1.807) is 0 Å². The highest BCUT2D eigenvalue weighted by Crippen LogP contribution is 2.17. The molecule has 68 heavy (non-hydrogen) atoms. The molecule has 0 aromatic rings. The fourth-order valence-corrected chi connectivity index (χ4v) is 8.65. The quantitative estimate of drug-likeness (QED) is 0.0199. The number of rotatable bonds is 54. The maximum atomic E-state index is 12.9. The molecule has 0 amide bonds. The molecule has 0 rings (SSSR count). The molecule has 0 radical (unpaired) electrons. The molecule has 0 N–H and O–H groups in total. The van der Waals surface area contributed by atoms with Crippen molar-refractivity contribution in [2.45, 2.75) is 316 Å². The van der Waals surface area contributed by atoms with Gasteiger partial charge in [-0.15, -0.1) is 0 Å². The van der Waals surface area contributed by atoms with Crippen molar-refractivity contribution in [3.05, 3.63) is 48.6 Å². The smallest absolute Gasteiger partial charge is 0.306 e. The summed E-state index contributed by atoms with van der Waals surface area (Å²) in [4.78, 5) is 38.2. The van der Waals surface area contributed by atoms with E-state index in [1.165, 1.54) is 186 Å². The molecule has 0 saturated heterocycles. The van der Waals surface area contributed by atoms with E-state index in [0.717, 1.165) is 83.5 Å². The summed E-state index contributed by atoms with van der Waals surface area (Å²) in [5.41, 5.74) is 0. The molecule has 0 aromatic heterocycles. The van der Waals surface area contributed by atoms with Crippen molar-refractivity contribution in [1.29, 1.82) is 0 Å². The van der Waals surface area contributed by atoms with E-state index in [9.17, 15) is 14.4 Å². The Kier molecular flexibility index (Phi) is 54.8. The Balaban J connectivity index is 4.31. The molecular formula is C62H112O6. The molecule has 0 fully saturated rings. The summed E-state index contributed by atoms with van der Waals surface area (Å²) in [5.74, 6) is -0.878. The first-order valence-electron chi connectivity index (χ1n) is 29.7. The lowest BCUT2D eigenvalue weighted by molar-refractivity contribution is -0.167. The molecule has 1 unspecified atom stereocenters. The Labute approximate surface area is 422 Å². The van der Waals surface area contributed by atoms with Crippen LogP contribution in [0.15, 0.2) is 48.6 Å². The van der Waals surface area contributed by atoms with E-state index in [-0.39, 0.29) is 31.1 Å². The van der Waals surface area contributed by atoms with Gasteiger partial charge in [-0.25, -0.2) is 0 Å². The number of carbonyl (C=O) groups is 3. The summed E-state index contributed by atoms with van der Waals surface area (Å²) in [6.45, 7) is 6.53. The third-order valence-corrected chi connectivity index (χ3v) is 13.1. The Morgan fingerprint density at radius 2 is 0.618 bits per heavy atom. The molecule has 6 heteroatoms. The van der Waals surface area contributed by atoms with E-state index in [4.69, 9.17) is 14.2 Å². The summed E-state index contributed by atoms with van der Waals surface area (Å²) in [6.07, 6.45) is 69.6. The Morgan fingerprint density at radius 3 is 1.00 bits per heavy atom. The average molecular weight is 954 g/mol. The predicted molar refractivity (Wildman–Crippen MR) is 293 cm³/mol. The second-order valence-electron chi connectivity index (χ2n) is 19.9. The lowest BCUT2D eigenvalue weighted by Crippen LogP contribution is -2.30. The molecule has 1 atom stereocenters. The van der Waals surface area contributed by atoms with E-state index in [2.05, 4.69) is 69.4 Å². The lowest BCUT2D eigenvalue weighted by atomic mass is 10.0. The van der Waals surface area contributed by atoms with E-state index < -0.39 is 6.10 Å². The number of ether oxygens (including phenoxy) is 3. The van der Waals surface area contributed by atoms with Crippen LogP contribution in [0.1, 0.15) is 310 Å². The molecule has 396 valence electrons. The fourth-order valence-electron chi connectivity index (χ4n) is 8.65. The van der Waals surface area contributed by atoms with Crippen LogP contribution in [0.5, 0.6) is 0 Å². The summed E-state index contributed by atoms with van der Waals surface area (Å²) in [7, 11) is 0. The van der Waals surface area contributed by atoms with Gasteiger partial charge in [-0.3, -0.25) is 14.4 Å². The number of unbranched alkanes of at least 4 members (excludes halogenated alkanes) is 36. The van der Waals surface area contributed by atoms with Crippen LogP contribution in [0.3, 0.4) is 0 Å². The first kappa shape index (κ1) is 65.4. The first-order valence-corrected chi connectivity index (χ1v) is 29.7. The van der Waals surface area contributed by atoms with Crippen molar-refractivity contribution in [2.24, 2.45) is 0 Å². The zero-order valence-electron chi connectivity index (χ0n) is 45.4. The molecular weight excluding hydrogens is 841 g/mol. The highest BCUT2D eigenvalue weighted by Gasteiger charge is 2.19. The van der Waals surface area contributed by atoms with Crippen LogP contribution in [0.2, 0.25) is 0 Å². The van der Waals surface area contributed by atoms with Crippen molar-refractivity contribution in [3.63, 3.8) is 0 Å². The zero-order valence-corrected chi connectivity index (χ0v) is 45.4. The summed E-state index contributed by atoms with van der Waals surface area (Å²) in [5, 5.41) is 0. The minimum atomic E-state index is -0.778. The van der Waals surface area contributed by atoms with Crippen molar-refractivity contribution < 1.29 is 28.6 Å². The van der Waals surface area contributed by atoms with Crippen molar-refractivity contribution in [2.75, 3.05) is 13.2 Å². The second kappa shape index (κ2) is 57.0. The van der Waals surface area contributed by atoms with Gasteiger partial charge in [-0.05, 0) is 70.6 Å². The van der Waals surface area contributed by atoms with Crippen molar-refractivity contribution in [3.8, 4) is 0 Å². The number of allylic oxidation sites excluding steroid dienone is 8. The average Bonchev–Trinajstić information content (AvgIpc) is 3.34. The van der Waals surface area contributed by atoms with Gasteiger partial charge >= 0.3 is 17.9 Å². The molecule has 0 aromatic carbocycles. The Morgan fingerprint density at radius 1 is 0.324 bits per heavy atom. The second-order valence-corrected chi connectivity index (χ2v) is 19.9. The fraction of sp³-hybridized carbons (Fsp3) is 0.823. The molecule has 0 aliphatic rings. The van der Waals surface area contributed by atoms with Crippen LogP contribution in [-0.4, -0.2) is 37.2 Å². The highest BCUT2D eigenvalue weighted by atomic mass is 16.6. The van der Waals surface area contributed by atoms with Gasteiger partial charge in [-0.2, -0.15) is 0 Å². The van der Waals surface area contributed by atoms with Crippen molar-refractivity contribution >= 4 is 17.9 Å². The van der Waals surface area contributed by atoms with Gasteiger partial charge < -0.3 is 14.2 Å². The summed E-state index contributed by atoms with van der Waals surface area (Å²) >= 11 is 0. The lowest BCUT2D eigenvalue weighted by Gasteiger charge is -2.18. The zero-order chi connectivity index (χ0) is 49.3. The summed E-state index contributed by atoms with van der Waals surface area (Å²) < 4.78 is 16.9. The van der Waals surface area contributed by atoms with Crippen LogP contribution < -0.4 is 0 Å². The molecule has 0 heterocycles. The third-order valence-electron chi connectivity index (χ3n) is 13.1. The van der Waals surface area contributed by atoms with Gasteiger partial charge in [-0.1, -0.05) is 268 Å².